The summed E-state index contributed by atoms with van der Waals surface area (Å²) in [6, 6.07) is 9.20. The lowest BCUT2D eigenvalue weighted by molar-refractivity contribution is 0.545. The van der Waals surface area contributed by atoms with E-state index in [0.717, 1.165) is 22.3 Å². The van der Waals surface area contributed by atoms with Crippen LogP contribution in [-0.4, -0.2) is 6.04 Å². The van der Waals surface area contributed by atoms with Crippen molar-refractivity contribution >= 4 is 27.3 Å². The van der Waals surface area contributed by atoms with E-state index >= 15 is 0 Å². The summed E-state index contributed by atoms with van der Waals surface area (Å²) < 4.78 is 13.9. The summed E-state index contributed by atoms with van der Waals surface area (Å²) in [6.45, 7) is 3.01. The van der Waals surface area contributed by atoms with Crippen LogP contribution in [0, 0.1) is 5.82 Å². The third-order valence-electron chi connectivity index (χ3n) is 2.73. The third-order valence-corrected chi connectivity index (χ3v) is 4.28. The van der Waals surface area contributed by atoms with Gasteiger partial charge in [0.1, 0.15) is 5.82 Å². The summed E-state index contributed by atoms with van der Waals surface area (Å²) in [5.74, 6) is -0.178. The van der Waals surface area contributed by atoms with Crippen molar-refractivity contribution in [1.29, 1.82) is 0 Å². The molecule has 96 valence electrons. The Kier molecular flexibility index (Phi) is 4.92. The van der Waals surface area contributed by atoms with Crippen LogP contribution in [-0.2, 0) is 13.0 Å². The third kappa shape index (κ3) is 4.19. The maximum atomic E-state index is 12.8. The second kappa shape index (κ2) is 6.45. The van der Waals surface area contributed by atoms with Crippen LogP contribution in [0.15, 0.2) is 39.5 Å². The summed E-state index contributed by atoms with van der Waals surface area (Å²) in [6.07, 6.45) is 0.908. The van der Waals surface area contributed by atoms with Gasteiger partial charge in [-0.05, 0) is 64.0 Å². The molecule has 18 heavy (non-hydrogen) atoms. The van der Waals surface area contributed by atoms with E-state index < -0.39 is 0 Å². The monoisotopic (exact) mass is 327 g/mol. The smallest absolute Gasteiger partial charge is 0.123 e. The van der Waals surface area contributed by atoms with E-state index in [1.165, 1.54) is 17.7 Å². The summed E-state index contributed by atoms with van der Waals surface area (Å²) in [5.41, 5.74) is 2.45. The van der Waals surface area contributed by atoms with Gasteiger partial charge in [0.2, 0.25) is 0 Å². The Morgan fingerprint density at radius 2 is 2.00 bits per heavy atom. The minimum Gasteiger partial charge on any atom is -0.310 e. The summed E-state index contributed by atoms with van der Waals surface area (Å²) in [4.78, 5) is 0. The zero-order valence-electron chi connectivity index (χ0n) is 10.1. The van der Waals surface area contributed by atoms with E-state index in [1.807, 2.05) is 12.1 Å². The molecule has 0 spiro atoms. The Hall–Kier alpha value is -0.710. The molecule has 1 unspecified atom stereocenters. The van der Waals surface area contributed by atoms with Gasteiger partial charge >= 0.3 is 0 Å². The molecule has 1 aromatic heterocycles. The van der Waals surface area contributed by atoms with Crippen molar-refractivity contribution in [3.63, 3.8) is 0 Å². The van der Waals surface area contributed by atoms with E-state index in [9.17, 15) is 4.39 Å². The second-order valence-electron chi connectivity index (χ2n) is 4.37. The molecule has 0 aliphatic carbocycles. The topological polar surface area (TPSA) is 12.0 Å². The highest BCUT2D eigenvalue weighted by molar-refractivity contribution is 9.11. The van der Waals surface area contributed by atoms with Crippen LogP contribution in [0.5, 0.6) is 0 Å². The van der Waals surface area contributed by atoms with Crippen molar-refractivity contribution in [1.82, 2.24) is 5.32 Å². The zero-order chi connectivity index (χ0) is 13.0. The number of thiophene rings is 1. The fourth-order valence-electron chi connectivity index (χ4n) is 1.78. The minimum atomic E-state index is -0.178. The van der Waals surface area contributed by atoms with Crippen molar-refractivity contribution in [2.24, 2.45) is 0 Å². The van der Waals surface area contributed by atoms with Crippen LogP contribution in [0.25, 0.3) is 0 Å². The molecule has 1 N–H and O–H groups in total. The van der Waals surface area contributed by atoms with E-state index in [2.05, 4.69) is 39.6 Å². The van der Waals surface area contributed by atoms with Gasteiger partial charge in [-0.3, -0.25) is 0 Å². The quantitative estimate of drug-likeness (QED) is 0.859. The van der Waals surface area contributed by atoms with Crippen molar-refractivity contribution in [3.8, 4) is 0 Å². The number of hydrogen-bond donors (Lipinski definition) is 1. The van der Waals surface area contributed by atoms with Crippen molar-refractivity contribution in [2.45, 2.75) is 25.9 Å². The van der Waals surface area contributed by atoms with Crippen molar-refractivity contribution < 1.29 is 4.39 Å². The van der Waals surface area contributed by atoms with Crippen LogP contribution in [0.1, 0.15) is 18.1 Å². The standard InChI is InChI=1S/C14H15BrFNS/c1-10(6-11-2-4-13(16)5-3-11)17-8-12-7-14(15)18-9-12/h2-5,7,9-10,17H,6,8H2,1H3. The first-order chi connectivity index (χ1) is 8.63. The molecular formula is C14H15BrFNS. The number of hydrogen-bond acceptors (Lipinski definition) is 2. The molecule has 1 atom stereocenters. The van der Waals surface area contributed by atoms with Crippen molar-refractivity contribution in [3.05, 3.63) is 56.4 Å². The molecule has 0 radical (unpaired) electrons. The maximum absolute atomic E-state index is 12.8. The molecule has 2 rings (SSSR count). The molecule has 1 heterocycles. The minimum absolute atomic E-state index is 0.178. The Balaban J connectivity index is 1.81. The van der Waals surface area contributed by atoms with Crippen LogP contribution >= 0.6 is 27.3 Å². The Morgan fingerprint density at radius 1 is 1.28 bits per heavy atom. The lowest BCUT2D eigenvalue weighted by Gasteiger charge is -2.13. The first kappa shape index (κ1) is 13.7. The highest BCUT2D eigenvalue weighted by Crippen LogP contribution is 2.20. The first-order valence-electron chi connectivity index (χ1n) is 5.84. The molecule has 2 aromatic rings. The zero-order valence-corrected chi connectivity index (χ0v) is 12.5. The fourth-order valence-corrected chi connectivity index (χ4v) is 2.99. The van der Waals surface area contributed by atoms with Gasteiger partial charge in [0, 0.05) is 12.6 Å². The summed E-state index contributed by atoms with van der Waals surface area (Å²) in [5, 5.41) is 5.61. The average Bonchev–Trinajstić information content (AvgIpc) is 2.76. The van der Waals surface area contributed by atoms with E-state index in [0.29, 0.717) is 6.04 Å². The number of benzene rings is 1. The Bertz CT molecular complexity index is 495. The molecular weight excluding hydrogens is 313 g/mol. The second-order valence-corrected chi connectivity index (χ2v) is 6.66. The van der Waals surface area contributed by atoms with Gasteiger partial charge in [-0.1, -0.05) is 12.1 Å². The largest absolute Gasteiger partial charge is 0.310 e. The maximum Gasteiger partial charge on any atom is 0.123 e. The van der Waals surface area contributed by atoms with Crippen LogP contribution in [0.3, 0.4) is 0 Å². The predicted molar refractivity (Wildman–Crippen MR) is 78.4 cm³/mol. The van der Waals surface area contributed by atoms with Crippen LogP contribution < -0.4 is 5.32 Å². The summed E-state index contributed by atoms with van der Waals surface area (Å²) in [7, 11) is 0. The molecule has 0 bridgehead atoms. The van der Waals surface area contributed by atoms with Gasteiger partial charge in [-0.15, -0.1) is 11.3 Å². The van der Waals surface area contributed by atoms with Gasteiger partial charge in [0.05, 0.1) is 3.79 Å². The van der Waals surface area contributed by atoms with Gasteiger partial charge in [0.25, 0.3) is 0 Å². The lowest BCUT2D eigenvalue weighted by atomic mass is 10.1. The molecule has 0 fully saturated rings. The van der Waals surface area contributed by atoms with Gasteiger partial charge < -0.3 is 5.32 Å². The van der Waals surface area contributed by atoms with Gasteiger partial charge in [-0.25, -0.2) is 4.39 Å². The van der Waals surface area contributed by atoms with Gasteiger partial charge in [0.15, 0.2) is 0 Å². The van der Waals surface area contributed by atoms with Crippen LogP contribution in [0.2, 0.25) is 0 Å². The fraction of sp³-hybridized carbons (Fsp3) is 0.286. The van der Waals surface area contributed by atoms with Gasteiger partial charge in [-0.2, -0.15) is 0 Å². The van der Waals surface area contributed by atoms with E-state index in [1.54, 1.807) is 11.3 Å². The number of nitrogens with one attached hydrogen (secondary N) is 1. The molecule has 0 saturated heterocycles. The number of rotatable bonds is 5. The first-order valence-corrected chi connectivity index (χ1v) is 7.51. The molecule has 0 saturated carbocycles. The molecule has 1 aromatic carbocycles. The Labute approximate surface area is 119 Å². The average molecular weight is 328 g/mol. The van der Waals surface area contributed by atoms with E-state index in [-0.39, 0.29) is 5.82 Å². The summed E-state index contributed by atoms with van der Waals surface area (Å²) >= 11 is 5.15. The molecule has 0 aliphatic heterocycles. The lowest BCUT2D eigenvalue weighted by Crippen LogP contribution is -2.27. The van der Waals surface area contributed by atoms with Crippen LogP contribution in [0.4, 0.5) is 4.39 Å². The SMILES string of the molecule is CC(Cc1ccc(F)cc1)NCc1csc(Br)c1. The number of halogens is 2. The predicted octanol–water partition coefficient (Wildman–Crippen LogP) is 4.37. The van der Waals surface area contributed by atoms with Crippen molar-refractivity contribution in [2.75, 3.05) is 0 Å². The molecule has 0 amide bonds. The molecule has 1 nitrogen and oxygen atoms in total. The normalized spacial score (nSPS) is 12.6. The Morgan fingerprint density at radius 3 is 2.61 bits per heavy atom. The van der Waals surface area contributed by atoms with E-state index in [4.69, 9.17) is 0 Å². The highest BCUT2D eigenvalue weighted by atomic mass is 79.9. The molecule has 0 aliphatic rings. The molecule has 4 heteroatoms. The highest BCUT2D eigenvalue weighted by Gasteiger charge is 2.04.